The number of rotatable bonds is 6. The minimum atomic E-state index is -0.620. The van der Waals surface area contributed by atoms with Crippen LogP contribution in [0.25, 0.3) is 0 Å². The number of nitrogens with two attached hydrogens (primary N) is 1. The first-order chi connectivity index (χ1) is 11.5. The van der Waals surface area contributed by atoms with Crippen molar-refractivity contribution in [1.82, 2.24) is 15.5 Å². The van der Waals surface area contributed by atoms with Gasteiger partial charge in [-0.2, -0.15) is 0 Å². The molecule has 1 saturated heterocycles. The van der Waals surface area contributed by atoms with Crippen LogP contribution in [0.2, 0.25) is 0 Å². The molecule has 1 aliphatic heterocycles. The lowest BCUT2D eigenvalue weighted by molar-refractivity contribution is -0.137. The Morgan fingerprint density at radius 1 is 1.44 bits per heavy atom. The Bertz CT molecular complexity index is 582. The van der Waals surface area contributed by atoms with Gasteiger partial charge in [0, 0.05) is 26.2 Å². The predicted molar refractivity (Wildman–Crippen MR) is 99.9 cm³/mol. The molecule has 140 valence electrons. The van der Waals surface area contributed by atoms with Crippen LogP contribution in [0, 0.1) is 5.92 Å². The summed E-state index contributed by atoms with van der Waals surface area (Å²) in [5.74, 6) is -0.681. The van der Waals surface area contributed by atoms with Crippen molar-refractivity contribution in [1.29, 1.82) is 0 Å². The number of carbonyl (C=O) groups excluding carboxylic acids is 3. The van der Waals surface area contributed by atoms with Crippen LogP contribution >= 0.6 is 23.7 Å². The Labute approximate surface area is 157 Å². The van der Waals surface area contributed by atoms with Crippen LogP contribution in [0.5, 0.6) is 0 Å². The minimum absolute atomic E-state index is 0. The molecule has 2 rings (SSSR count). The van der Waals surface area contributed by atoms with Crippen molar-refractivity contribution in [3.8, 4) is 0 Å². The van der Waals surface area contributed by atoms with Gasteiger partial charge in [-0.3, -0.25) is 14.4 Å². The zero-order valence-corrected chi connectivity index (χ0v) is 15.8. The lowest BCUT2D eigenvalue weighted by Crippen LogP contribution is -2.52. The number of thiophene rings is 1. The van der Waals surface area contributed by atoms with Gasteiger partial charge < -0.3 is 21.3 Å². The molecule has 1 aromatic heterocycles. The molecule has 1 fully saturated rings. The summed E-state index contributed by atoms with van der Waals surface area (Å²) in [4.78, 5) is 38.9. The molecule has 0 saturated carbocycles. The predicted octanol–water partition coefficient (Wildman–Crippen LogP) is 0.602. The van der Waals surface area contributed by atoms with E-state index in [-0.39, 0.29) is 36.0 Å². The van der Waals surface area contributed by atoms with Crippen LogP contribution in [0.1, 0.15) is 29.4 Å². The van der Waals surface area contributed by atoms with E-state index in [2.05, 4.69) is 10.6 Å². The van der Waals surface area contributed by atoms with Crippen molar-refractivity contribution in [2.24, 2.45) is 11.7 Å². The SMILES string of the molecule is CC(NC(=O)c1cccs1)C(=O)N1CCCC(C(=O)NCCN)C1.Cl. The number of amides is 3. The molecule has 9 heteroatoms. The molecule has 0 spiro atoms. The fourth-order valence-corrected chi connectivity index (χ4v) is 3.37. The molecule has 2 heterocycles. The molecule has 3 amide bonds. The first kappa shape index (κ1) is 21.4. The van der Waals surface area contributed by atoms with Gasteiger partial charge in [-0.1, -0.05) is 6.07 Å². The Kier molecular flexibility index (Phi) is 8.88. The van der Waals surface area contributed by atoms with E-state index in [1.807, 2.05) is 5.38 Å². The van der Waals surface area contributed by atoms with Gasteiger partial charge in [0.1, 0.15) is 6.04 Å². The van der Waals surface area contributed by atoms with E-state index >= 15 is 0 Å². The average Bonchev–Trinajstić information content (AvgIpc) is 3.13. The molecule has 0 radical (unpaired) electrons. The van der Waals surface area contributed by atoms with Crippen molar-refractivity contribution in [2.75, 3.05) is 26.2 Å². The molecule has 2 unspecified atom stereocenters. The first-order valence-corrected chi connectivity index (χ1v) is 9.01. The molecule has 25 heavy (non-hydrogen) atoms. The second-order valence-electron chi connectivity index (χ2n) is 5.88. The topological polar surface area (TPSA) is 105 Å². The van der Waals surface area contributed by atoms with Crippen molar-refractivity contribution < 1.29 is 14.4 Å². The van der Waals surface area contributed by atoms with Crippen LogP contribution in [0.15, 0.2) is 17.5 Å². The van der Waals surface area contributed by atoms with Crippen LogP contribution in [-0.2, 0) is 9.59 Å². The number of piperidine rings is 1. The van der Waals surface area contributed by atoms with Crippen molar-refractivity contribution >= 4 is 41.5 Å². The summed E-state index contributed by atoms with van der Waals surface area (Å²) in [6, 6.07) is 2.89. The minimum Gasteiger partial charge on any atom is -0.355 e. The van der Waals surface area contributed by atoms with Gasteiger partial charge in [0.25, 0.3) is 5.91 Å². The van der Waals surface area contributed by atoms with Gasteiger partial charge in [-0.15, -0.1) is 23.7 Å². The molecule has 1 aliphatic rings. The van der Waals surface area contributed by atoms with Gasteiger partial charge in [0.05, 0.1) is 10.8 Å². The molecule has 0 aromatic carbocycles. The fourth-order valence-electron chi connectivity index (χ4n) is 2.74. The number of nitrogens with one attached hydrogen (secondary N) is 2. The molecule has 7 nitrogen and oxygen atoms in total. The number of halogens is 1. The number of nitrogens with zero attached hydrogens (tertiary/aromatic N) is 1. The Morgan fingerprint density at radius 3 is 2.84 bits per heavy atom. The lowest BCUT2D eigenvalue weighted by atomic mass is 9.96. The van der Waals surface area contributed by atoms with E-state index in [0.29, 0.717) is 31.1 Å². The number of likely N-dealkylation sites (tertiary alicyclic amines) is 1. The van der Waals surface area contributed by atoms with E-state index < -0.39 is 6.04 Å². The van der Waals surface area contributed by atoms with Gasteiger partial charge in [-0.05, 0) is 31.2 Å². The maximum absolute atomic E-state index is 12.5. The molecule has 1 aromatic rings. The average molecular weight is 389 g/mol. The van der Waals surface area contributed by atoms with Crippen molar-refractivity contribution in [3.63, 3.8) is 0 Å². The largest absolute Gasteiger partial charge is 0.355 e. The highest BCUT2D eigenvalue weighted by atomic mass is 35.5. The molecular weight excluding hydrogens is 364 g/mol. The van der Waals surface area contributed by atoms with E-state index in [0.717, 1.165) is 12.8 Å². The van der Waals surface area contributed by atoms with Gasteiger partial charge in [-0.25, -0.2) is 0 Å². The zero-order chi connectivity index (χ0) is 17.5. The third-order valence-corrected chi connectivity index (χ3v) is 4.88. The Morgan fingerprint density at radius 2 is 2.20 bits per heavy atom. The van der Waals surface area contributed by atoms with Gasteiger partial charge >= 0.3 is 0 Å². The Hall–Kier alpha value is -1.64. The second kappa shape index (κ2) is 10.4. The molecule has 4 N–H and O–H groups in total. The molecule has 0 bridgehead atoms. The Balaban J connectivity index is 0.00000312. The van der Waals surface area contributed by atoms with Gasteiger partial charge in [0.15, 0.2) is 0 Å². The van der Waals surface area contributed by atoms with Crippen molar-refractivity contribution in [3.05, 3.63) is 22.4 Å². The number of carbonyl (C=O) groups is 3. The van der Waals surface area contributed by atoms with Crippen LogP contribution in [0.4, 0.5) is 0 Å². The van der Waals surface area contributed by atoms with Gasteiger partial charge in [0.2, 0.25) is 11.8 Å². The summed E-state index contributed by atoms with van der Waals surface area (Å²) in [6.07, 6.45) is 1.54. The monoisotopic (exact) mass is 388 g/mol. The maximum Gasteiger partial charge on any atom is 0.261 e. The zero-order valence-electron chi connectivity index (χ0n) is 14.2. The van der Waals surface area contributed by atoms with E-state index in [9.17, 15) is 14.4 Å². The smallest absolute Gasteiger partial charge is 0.261 e. The van der Waals surface area contributed by atoms with E-state index in [1.165, 1.54) is 11.3 Å². The number of hydrogen-bond acceptors (Lipinski definition) is 5. The summed E-state index contributed by atoms with van der Waals surface area (Å²) in [6.45, 7) is 3.50. The summed E-state index contributed by atoms with van der Waals surface area (Å²) < 4.78 is 0. The fraction of sp³-hybridized carbons (Fsp3) is 0.562. The molecule has 0 aliphatic carbocycles. The van der Waals surface area contributed by atoms with Crippen LogP contribution < -0.4 is 16.4 Å². The second-order valence-corrected chi connectivity index (χ2v) is 6.82. The first-order valence-electron chi connectivity index (χ1n) is 8.14. The standard InChI is InChI=1S/C16H24N4O3S.ClH/c1-11(19-15(22)13-5-3-9-24-13)16(23)20-8-2-4-12(10-20)14(21)18-7-6-17;/h3,5,9,11-12H,2,4,6-8,10,17H2,1H3,(H,18,21)(H,19,22);1H. The quantitative estimate of drug-likeness (QED) is 0.663. The number of hydrogen-bond donors (Lipinski definition) is 3. The molecule has 2 atom stereocenters. The van der Waals surface area contributed by atoms with Crippen LogP contribution in [0.3, 0.4) is 0 Å². The van der Waals surface area contributed by atoms with E-state index in [4.69, 9.17) is 5.73 Å². The highest BCUT2D eigenvalue weighted by molar-refractivity contribution is 7.12. The third kappa shape index (κ3) is 5.98. The summed E-state index contributed by atoms with van der Waals surface area (Å²) >= 11 is 1.33. The molecular formula is C16H25ClN4O3S. The van der Waals surface area contributed by atoms with Crippen molar-refractivity contribution in [2.45, 2.75) is 25.8 Å². The summed E-state index contributed by atoms with van der Waals surface area (Å²) in [5, 5.41) is 7.31. The summed E-state index contributed by atoms with van der Waals surface area (Å²) in [5.41, 5.74) is 5.39. The highest BCUT2D eigenvalue weighted by Crippen LogP contribution is 2.17. The lowest BCUT2D eigenvalue weighted by Gasteiger charge is -2.33. The van der Waals surface area contributed by atoms with E-state index in [1.54, 1.807) is 24.0 Å². The normalized spacial score (nSPS) is 18.0. The maximum atomic E-state index is 12.5. The third-order valence-electron chi connectivity index (χ3n) is 4.01. The van der Waals surface area contributed by atoms with Crippen LogP contribution in [-0.4, -0.2) is 54.8 Å². The highest BCUT2D eigenvalue weighted by Gasteiger charge is 2.30. The summed E-state index contributed by atoms with van der Waals surface area (Å²) in [7, 11) is 0.